The van der Waals surface area contributed by atoms with E-state index in [0.717, 1.165) is 0 Å². The minimum absolute atomic E-state index is 0.205. The zero-order chi connectivity index (χ0) is 7.28. The van der Waals surface area contributed by atoms with Crippen molar-refractivity contribution < 1.29 is 14.7 Å². The molecule has 0 aliphatic rings. The van der Waals surface area contributed by atoms with Gasteiger partial charge >= 0.3 is 12.0 Å². The van der Waals surface area contributed by atoms with E-state index in [0.29, 0.717) is 0 Å². The van der Waals surface area contributed by atoms with E-state index in [4.69, 9.17) is 10.9 Å². The monoisotopic (exact) mass is 132 g/mol. The Kier molecular flexibility index (Phi) is 3.19. The number of nitrogens with two attached hydrogens (primary N) is 1. The smallest absolute Gasteiger partial charge is 0.328 e. The van der Waals surface area contributed by atoms with Crippen LogP contribution in [0.25, 0.3) is 0 Å². The standard InChI is InChI=1S/C4H8N2O3/c1-2-3(7)9-4(5)6-8/h8H,2H2,1H3,(H2,5,6). The van der Waals surface area contributed by atoms with E-state index < -0.39 is 12.0 Å². The van der Waals surface area contributed by atoms with Crippen molar-refractivity contribution in [1.29, 1.82) is 0 Å². The van der Waals surface area contributed by atoms with Gasteiger partial charge in [0.25, 0.3) is 0 Å². The summed E-state index contributed by atoms with van der Waals surface area (Å²) in [6.07, 6.45) is 0.205. The first-order chi connectivity index (χ1) is 4.20. The van der Waals surface area contributed by atoms with Gasteiger partial charge in [-0.3, -0.25) is 4.79 Å². The van der Waals surface area contributed by atoms with Gasteiger partial charge in [0.05, 0.1) is 0 Å². The predicted octanol–water partition coefficient (Wildman–Crippen LogP) is -0.357. The third kappa shape index (κ3) is 3.33. The molecule has 0 heterocycles. The quantitative estimate of drug-likeness (QED) is 0.168. The Morgan fingerprint density at radius 3 is 2.78 bits per heavy atom. The number of amidine groups is 1. The molecule has 0 aromatic rings. The van der Waals surface area contributed by atoms with Crippen LogP contribution in [-0.4, -0.2) is 17.2 Å². The lowest BCUT2D eigenvalue weighted by molar-refractivity contribution is -0.135. The van der Waals surface area contributed by atoms with Crippen molar-refractivity contribution in [2.45, 2.75) is 13.3 Å². The zero-order valence-electron chi connectivity index (χ0n) is 5.00. The fourth-order valence-corrected chi connectivity index (χ4v) is 0.209. The van der Waals surface area contributed by atoms with Crippen LogP contribution < -0.4 is 5.73 Å². The third-order valence-corrected chi connectivity index (χ3v) is 0.606. The van der Waals surface area contributed by atoms with Gasteiger partial charge in [0.1, 0.15) is 0 Å². The highest BCUT2D eigenvalue weighted by molar-refractivity contribution is 5.85. The number of carbonyl (C=O) groups excluding carboxylic acids is 1. The second-order valence-corrected chi connectivity index (χ2v) is 1.27. The molecule has 52 valence electrons. The maximum atomic E-state index is 10.3. The molecule has 0 radical (unpaired) electrons. The van der Waals surface area contributed by atoms with Crippen LogP contribution >= 0.6 is 0 Å². The van der Waals surface area contributed by atoms with E-state index in [2.05, 4.69) is 9.89 Å². The van der Waals surface area contributed by atoms with E-state index in [1.54, 1.807) is 6.92 Å². The van der Waals surface area contributed by atoms with E-state index >= 15 is 0 Å². The fraction of sp³-hybridized carbons (Fsp3) is 0.500. The van der Waals surface area contributed by atoms with Crippen LogP contribution in [0.5, 0.6) is 0 Å². The Morgan fingerprint density at radius 1 is 1.89 bits per heavy atom. The Morgan fingerprint density at radius 2 is 2.44 bits per heavy atom. The summed E-state index contributed by atoms with van der Waals surface area (Å²) < 4.78 is 4.19. The average molecular weight is 132 g/mol. The summed E-state index contributed by atoms with van der Waals surface area (Å²) >= 11 is 0. The van der Waals surface area contributed by atoms with Crippen molar-refractivity contribution in [3.8, 4) is 0 Å². The second-order valence-electron chi connectivity index (χ2n) is 1.27. The molecule has 0 spiro atoms. The highest BCUT2D eigenvalue weighted by Crippen LogP contribution is 1.82. The van der Waals surface area contributed by atoms with Crippen LogP contribution in [-0.2, 0) is 9.53 Å². The summed E-state index contributed by atoms with van der Waals surface area (Å²) in [5.74, 6) is -0.523. The predicted molar refractivity (Wildman–Crippen MR) is 29.8 cm³/mol. The van der Waals surface area contributed by atoms with Crippen LogP contribution in [0.4, 0.5) is 0 Å². The third-order valence-electron chi connectivity index (χ3n) is 0.606. The van der Waals surface area contributed by atoms with Gasteiger partial charge in [-0.25, -0.2) is 0 Å². The molecular weight excluding hydrogens is 124 g/mol. The number of esters is 1. The molecule has 3 N–H and O–H groups in total. The molecule has 0 saturated heterocycles. The molecule has 5 heteroatoms. The van der Waals surface area contributed by atoms with E-state index in [9.17, 15) is 4.79 Å². The Hall–Kier alpha value is -1.26. The number of hydrogen-bond acceptors (Lipinski definition) is 4. The van der Waals surface area contributed by atoms with E-state index in [-0.39, 0.29) is 6.42 Å². The van der Waals surface area contributed by atoms with Crippen molar-refractivity contribution in [3.05, 3.63) is 0 Å². The Bertz CT molecular complexity index is 132. The molecule has 0 unspecified atom stereocenters. The summed E-state index contributed by atoms with van der Waals surface area (Å²) in [6, 6.07) is -0.526. The first-order valence-corrected chi connectivity index (χ1v) is 2.39. The lowest BCUT2D eigenvalue weighted by Crippen LogP contribution is -2.19. The molecule has 5 nitrogen and oxygen atoms in total. The first-order valence-electron chi connectivity index (χ1n) is 2.39. The summed E-state index contributed by atoms with van der Waals surface area (Å²) in [6.45, 7) is 1.60. The van der Waals surface area contributed by atoms with Crippen LogP contribution in [0, 0.1) is 0 Å². The normalized spacial score (nSPS) is 11.0. The molecule has 0 bridgehead atoms. The van der Waals surface area contributed by atoms with Crippen LogP contribution in [0.1, 0.15) is 13.3 Å². The van der Waals surface area contributed by atoms with Gasteiger partial charge < -0.3 is 15.7 Å². The lowest BCUT2D eigenvalue weighted by atomic mass is 10.5. The van der Waals surface area contributed by atoms with Gasteiger partial charge in [0.2, 0.25) is 0 Å². The molecule has 0 fully saturated rings. The number of carbonyl (C=O) groups is 1. The van der Waals surface area contributed by atoms with Crippen molar-refractivity contribution >= 4 is 12.0 Å². The van der Waals surface area contributed by atoms with Crippen molar-refractivity contribution in [2.24, 2.45) is 10.9 Å². The number of rotatable bonds is 1. The van der Waals surface area contributed by atoms with Gasteiger partial charge in [-0.1, -0.05) is 6.92 Å². The van der Waals surface area contributed by atoms with Crippen molar-refractivity contribution in [2.75, 3.05) is 0 Å². The Balaban J connectivity index is 3.60. The molecular formula is C4H8N2O3. The van der Waals surface area contributed by atoms with Crippen LogP contribution in [0.15, 0.2) is 5.16 Å². The van der Waals surface area contributed by atoms with E-state index in [1.807, 2.05) is 0 Å². The van der Waals surface area contributed by atoms with Gasteiger partial charge in [-0.15, -0.1) is 0 Å². The maximum absolute atomic E-state index is 10.3. The van der Waals surface area contributed by atoms with Gasteiger partial charge in [-0.2, -0.15) is 0 Å². The molecule has 0 aliphatic carbocycles. The highest BCUT2D eigenvalue weighted by Gasteiger charge is 2.00. The molecule has 0 aromatic carbocycles. The van der Waals surface area contributed by atoms with Gasteiger partial charge in [0.15, 0.2) is 0 Å². The fourth-order valence-electron chi connectivity index (χ4n) is 0.209. The van der Waals surface area contributed by atoms with Gasteiger partial charge in [0, 0.05) is 6.42 Å². The summed E-state index contributed by atoms with van der Waals surface area (Å²) in [5.41, 5.74) is 4.81. The SMILES string of the molecule is CCC(=O)O/C(N)=N/O. The molecule has 0 amide bonds. The average Bonchev–Trinajstić information content (AvgIpc) is 1.87. The Labute approximate surface area is 52.1 Å². The number of ether oxygens (including phenoxy) is 1. The summed E-state index contributed by atoms with van der Waals surface area (Å²) in [4.78, 5) is 10.3. The zero-order valence-corrected chi connectivity index (χ0v) is 5.00. The first kappa shape index (κ1) is 7.74. The number of nitrogens with zero attached hydrogens (tertiary/aromatic N) is 1. The molecule has 0 rings (SSSR count). The largest absolute Gasteiger partial charge is 0.407 e. The van der Waals surface area contributed by atoms with Gasteiger partial charge in [-0.05, 0) is 5.16 Å². The maximum Gasteiger partial charge on any atom is 0.328 e. The van der Waals surface area contributed by atoms with E-state index in [1.165, 1.54) is 0 Å². The van der Waals surface area contributed by atoms with Crippen LogP contribution in [0.2, 0.25) is 0 Å². The molecule has 0 atom stereocenters. The summed E-state index contributed by atoms with van der Waals surface area (Å²) in [5, 5.41) is 10.3. The minimum atomic E-state index is -0.526. The van der Waals surface area contributed by atoms with Crippen molar-refractivity contribution in [1.82, 2.24) is 0 Å². The number of oxime groups is 1. The second kappa shape index (κ2) is 3.71. The topological polar surface area (TPSA) is 84.9 Å². The van der Waals surface area contributed by atoms with Crippen molar-refractivity contribution in [3.63, 3.8) is 0 Å². The van der Waals surface area contributed by atoms with Crippen LogP contribution in [0.3, 0.4) is 0 Å². The summed E-state index contributed by atoms with van der Waals surface area (Å²) in [7, 11) is 0. The lowest BCUT2D eigenvalue weighted by Gasteiger charge is -1.95. The highest BCUT2D eigenvalue weighted by atomic mass is 16.6. The molecule has 0 aromatic heterocycles. The molecule has 9 heavy (non-hydrogen) atoms. The molecule has 0 aliphatic heterocycles. The minimum Gasteiger partial charge on any atom is -0.407 e. The molecule has 0 saturated carbocycles. The number of hydrogen-bond donors (Lipinski definition) is 2.